The van der Waals surface area contributed by atoms with Crippen LogP contribution in [-0.2, 0) is 11.2 Å². The number of benzene rings is 3. The topological polar surface area (TPSA) is 59.8 Å². The van der Waals surface area contributed by atoms with Crippen molar-refractivity contribution >= 4 is 29.3 Å². The van der Waals surface area contributed by atoms with Gasteiger partial charge >= 0.3 is 0 Å². The molecule has 4 aromatic rings. The number of rotatable bonds is 11. The molecule has 0 aliphatic rings. The zero-order valence-electron chi connectivity index (χ0n) is 19.7. The van der Waals surface area contributed by atoms with Gasteiger partial charge in [0.15, 0.2) is 11.0 Å². The second-order valence-corrected chi connectivity index (χ2v) is 9.93. The first-order chi connectivity index (χ1) is 17.1. The average molecular weight is 505 g/mol. The minimum atomic E-state index is 0.0949. The molecule has 3 aromatic carbocycles. The lowest BCUT2D eigenvalue weighted by molar-refractivity contribution is -0.121. The lowest BCUT2D eigenvalue weighted by Crippen LogP contribution is -2.32. The van der Waals surface area contributed by atoms with Crippen LogP contribution in [0.5, 0.6) is 0 Å². The van der Waals surface area contributed by atoms with Gasteiger partial charge in [-0.25, -0.2) is 0 Å². The van der Waals surface area contributed by atoms with Gasteiger partial charge < -0.3 is 5.32 Å². The van der Waals surface area contributed by atoms with Crippen LogP contribution in [0, 0.1) is 0 Å². The zero-order chi connectivity index (χ0) is 24.5. The third-order valence-corrected chi connectivity index (χ3v) is 6.91. The van der Waals surface area contributed by atoms with Gasteiger partial charge in [-0.2, -0.15) is 0 Å². The van der Waals surface area contributed by atoms with E-state index in [1.807, 2.05) is 72.8 Å². The first-order valence-electron chi connectivity index (χ1n) is 11.8. The van der Waals surface area contributed by atoms with E-state index >= 15 is 0 Å². The van der Waals surface area contributed by atoms with Crippen LogP contribution in [0.15, 0.2) is 90.1 Å². The van der Waals surface area contributed by atoms with Crippen LogP contribution in [0.1, 0.15) is 31.7 Å². The van der Waals surface area contributed by atoms with E-state index in [0.29, 0.717) is 11.4 Å². The highest BCUT2D eigenvalue weighted by molar-refractivity contribution is 7.99. The summed E-state index contributed by atoms with van der Waals surface area (Å²) in [6, 6.07) is 28.2. The molecule has 1 amide bonds. The van der Waals surface area contributed by atoms with Crippen molar-refractivity contribution in [3.05, 3.63) is 95.5 Å². The van der Waals surface area contributed by atoms with Crippen molar-refractivity contribution in [2.75, 3.05) is 5.75 Å². The van der Waals surface area contributed by atoms with Crippen LogP contribution in [0.4, 0.5) is 0 Å². The Balaban J connectivity index is 1.31. The Morgan fingerprint density at radius 2 is 1.66 bits per heavy atom. The second kappa shape index (κ2) is 12.6. The molecule has 1 unspecified atom stereocenters. The monoisotopic (exact) mass is 504 g/mol. The molecule has 0 spiro atoms. The molecular formula is C28H29ClN4OS. The summed E-state index contributed by atoms with van der Waals surface area (Å²) in [6.45, 7) is 2.07. The number of hydrogen-bond acceptors (Lipinski definition) is 4. The van der Waals surface area contributed by atoms with Gasteiger partial charge in [-0.1, -0.05) is 71.9 Å². The summed E-state index contributed by atoms with van der Waals surface area (Å²) in [7, 11) is 0. The van der Waals surface area contributed by atoms with E-state index in [4.69, 9.17) is 11.6 Å². The van der Waals surface area contributed by atoms with Crippen LogP contribution in [0.2, 0.25) is 5.02 Å². The molecule has 1 aromatic heterocycles. The van der Waals surface area contributed by atoms with Crippen molar-refractivity contribution in [1.82, 2.24) is 20.1 Å². The van der Waals surface area contributed by atoms with E-state index in [9.17, 15) is 4.79 Å². The highest BCUT2D eigenvalue weighted by atomic mass is 35.5. The fourth-order valence-corrected chi connectivity index (χ4v) is 4.82. The molecule has 180 valence electrons. The molecule has 4 rings (SSSR count). The fourth-order valence-electron chi connectivity index (χ4n) is 3.80. The Labute approximate surface area is 215 Å². The predicted molar refractivity (Wildman–Crippen MR) is 144 cm³/mol. The number of hydrogen-bond donors (Lipinski definition) is 1. The smallest absolute Gasteiger partial charge is 0.220 e. The average Bonchev–Trinajstić information content (AvgIpc) is 3.31. The second-order valence-electron chi connectivity index (χ2n) is 8.43. The van der Waals surface area contributed by atoms with Crippen molar-refractivity contribution in [2.45, 2.75) is 43.8 Å². The van der Waals surface area contributed by atoms with Crippen molar-refractivity contribution in [3.63, 3.8) is 0 Å². The molecule has 1 atom stereocenters. The largest absolute Gasteiger partial charge is 0.354 e. The van der Waals surface area contributed by atoms with Gasteiger partial charge in [-0.15, -0.1) is 10.2 Å². The number of amides is 1. The summed E-state index contributed by atoms with van der Waals surface area (Å²) < 4.78 is 2.06. The Kier molecular flexibility index (Phi) is 8.98. The summed E-state index contributed by atoms with van der Waals surface area (Å²) in [5.74, 6) is 1.63. The quantitative estimate of drug-likeness (QED) is 0.185. The van der Waals surface area contributed by atoms with E-state index < -0.39 is 0 Å². The molecule has 35 heavy (non-hydrogen) atoms. The normalized spacial score (nSPS) is 11.8. The highest BCUT2D eigenvalue weighted by Crippen LogP contribution is 2.29. The van der Waals surface area contributed by atoms with Gasteiger partial charge in [0.05, 0.1) is 0 Å². The number of nitrogens with zero attached hydrogens (tertiary/aromatic N) is 3. The summed E-state index contributed by atoms with van der Waals surface area (Å²) in [4.78, 5) is 12.4. The molecular weight excluding hydrogens is 476 g/mol. The van der Waals surface area contributed by atoms with Crippen molar-refractivity contribution in [2.24, 2.45) is 0 Å². The fraction of sp³-hybridized carbons (Fsp3) is 0.250. The standard InChI is InChI=1S/C28H29ClN4OS/c1-21(14-15-22-9-4-2-5-10-22)30-26(34)13-8-20-35-28-32-31-27(23-16-18-24(29)19-17-23)33(28)25-11-6-3-7-12-25/h2-7,9-12,16-19,21H,8,13-15,20H2,1H3,(H,30,34). The maximum atomic E-state index is 12.4. The van der Waals surface area contributed by atoms with Crippen LogP contribution >= 0.6 is 23.4 Å². The molecule has 0 aliphatic carbocycles. The van der Waals surface area contributed by atoms with Gasteiger partial charge in [0.1, 0.15) is 0 Å². The molecule has 0 fully saturated rings. The van der Waals surface area contributed by atoms with Gasteiger partial charge in [0.25, 0.3) is 0 Å². The van der Waals surface area contributed by atoms with Crippen LogP contribution in [0.3, 0.4) is 0 Å². The maximum Gasteiger partial charge on any atom is 0.220 e. The lowest BCUT2D eigenvalue weighted by Gasteiger charge is -2.14. The number of thioether (sulfide) groups is 1. The summed E-state index contributed by atoms with van der Waals surface area (Å²) >= 11 is 7.68. The van der Waals surface area contributed by atoms with Gasteiger partial charge in [-0.3, -0.25) is 9.36 Å². The van der Waals surface area contributed by atoms with Crippen molar-refractivity contribution < 1.29 is 4.79 Å². The van der Waals surface area contributed by atoms with E-state index in [0.717, 1.165) is 47.2 Å². The number of nitrogens with one attached hydrogen (secondary N) is 1. The van der Waals surface area contributed by atoms with Crippen LogP contribution in [0.25, 0.3) is 17.1 Å². The Morgan fingerprint density at radius 3 is 2.37 bits per heavy atom. The minimum absolute atomic E-state index is 0.0949. The number of halogens is 1. The van der Waals surface area contributed by atoms with Crippen LogP contribution in [-0.4, -0.2) is 32.5 Å². The molecule has 0 saturated heterocycles. The molecule has 0 bridgehead atoms. The SMILES string of the molecule is CC(CCc1ccccc1)NC(=O)CCCSc1nnc(-c2ccc(Cl)cc2)n1-c1ccccc1. The highest BCUT2D eigenvalue weighted by Gasteiger charge is 2.16. The number of carbonyl (C=O) groups is 1. The zero-order valence-corrected chi connectivity index (χ0v) is 21.3. The third kappa shape index (κ3) is 7.20. The van der Waals surface area contributed by atoms with Crippen molar-refractivity contribution in [1.29, 1.82) is 0 Å². The number of aryl methyl sites for hydroxylation is 1. The van der Waals surface area contributed by atoms with E-state index in [1.54, 1.807) is 11.8 Å². The minimum Gasteiger partial charge on any atom is -0.354 e. The Hall–Kier alpha value is -3.09. The summed E-state index contributed by atoms with van der Waals surface area (Å²) in [5.41, 5.74) is 3.24. The first-order valence-corrected chi connectivity index (χ1v) is 13.2. The molecule has 5 nitrogen and oxygen atoms in total. The number of aromatic nitrogens is 3. The molecule has 7 heteroatoms. The number of carbonyl (C=O) groups excluding carboxylic acids is 1. The Bertz CT molecular complexity index is 1210. The van der Waals surface area contributed by atoms with Gasteiger partial charge in [0.2, 0.25) is 5.91 Å². The van der Waals surface area contributed by atoms with Gasteiger partial charge in [0, 0.05) is 34.5 Å². The lowest BCUT2D eigenvalue weighted by atomic mass is 10.1. The number of para-hydroxylation sites is 1. The molecule has 1 heterocycles. The maximum absolute atomic E-state index is 12.4. The van der Waals surface area contributed by atoms with E-state index in [2.05, 4.69) is 39.1 Å². The summed E-state index contributed by atoms with van der Waals surface area (Å²) in [6.07, 6.45) is 3.15. The molecule has 0 radical (unpaired) electrons. The first kappa shape index (κ1) is 25.0. The van der Waals surface area contributed by atoms with Crippen LogP contribution < -0.4 is 5.32 Å². The summed E-state index contributed by atoms with van der Waals surface area (Å²) in [5, 5.41) is 13.5. The third-order valence-electron chi connectivity index (χ3n) is 5.65. The van der Waals surface area contributed by atoms with Crippen molar-refractivity contribution in [3.8, 4) is 17.1 Å². The Morgan fingerprint density at radius 1 is 0.971 bits per heavy atom. The van der Waals surface area contributed by atoms with Gasteiger partial charge in [-0.05, 0) is 68.1 Å². The van der Waals surface area contributed by atoms with E-state index in [-0.39, 0.29) is 11.9 Å². The molecule has 0 aliphatic heterocycles. The molecule has 1 N–H and O–H groups in total. The molecule has 0 saturated carbocycles. The predicted octanol–water partition coefficient (Wildman–Crippen LogP) is 6.60. The van der Waals surface area contributed by atoms with E-state index in [1.165, 1.54) is 5.56 Å².